The van der Waals surface area contributed by atoms with Gasteiger partial charge in [0.05, 0.1) is 10.0 Å². The molecule has 0 fully saturated rings. The highest BCUT2D eigenvalue weighted by atomic mass is 35.5. The van der Waals surface area contributed by atoms with Gasteiger partial charge in [-0.15, -0.1) is 0 Å². The highest BCUT2D eigenvalue weighted by molar-refractivity contribution is 6.42. The van der Waals surface area contributed by atoms with Gasteiger partial charge in [-0.2, -0.15) is 0 Å². The molecule has 2 N–H and O–H groups in total. The van der Waals surface area contributed by atoms with Gasteiger partial charge in [0.1, 0.15) is 12.6 Å². The quantitative estimate of drug-likeness (QED) is 0.512. The van der Waals surface area contributed by atoms with Gasteiger partial charge in [0.2, 0.25) is 0 Å². The van der Waals surface area contributed by atoms with Crippen LogP contribution in [-0.2, 0) is 16.0 Å². The molecular formula is C24H19Cl2NO4. The smallest absolute Gasteiger partial charge is 0.407 e. The van der Waals surface area contributed by atoms with E-state index in [-0.39, 0.29) is 24.0 Å². The third kappa shape index (κ3) is 4.38. The molecule has 3 aromatic carbocycles. The van der Waals surface area contributed by atoms with Crippen LogP contribution in [0.2, 0.25) is 10.0 Å². The number of hydrogen-bond acceptors (Lipinski definition) is 3. The number of aliphatic carboxylic acids is 1. The molecular weight excluding hydrogens is 437 g/mol. The van der Waals surface area contributed by atoms with E-state index in [1.165, 1.54) is 0 Å². The minimum absolute atomic E-state index is 0.0150. The summed E-state index contributed by atoms with van der Waals surface area (Å²) in [5.74, 6) is -1.30. The van der Waals surface area contributed by atoms with Gasteiger partial charge in [-0.1, -0.05) is 83.9 Å². The van der Waals surface area contributed by atoms with E-state index in [0.29, 0.717) is 10.6 Å². The first-order valence-electron chi connectivity index (χ1n) is 9.73. The monoisotopic (exact) mass is 455 g/mol. The molecule has 0 saturated carbocycles. The van der Waals surface area contributed by atoms with E-state index in [0.717, 1.165) is 22.3 Å². The van der Waals surface area contributed by atoms with Crippen LogP contribution in [0.5, 0.6) is 0 Å². The molecule has 5 nitrogen and oxygen atoms in total. The highest BCUT2D eigenvalue weighted by Gasteiger charge is 2.30. The van der Waals surface area contributed by atoms with Gasteiger partial charge in [-0.25, -0.2) is 9.59 Å². The van der Waals surface area contributed by atoms with Crippen molar-refractivity contribution in [2.45, 2.75) is 18.4 Å². The van der Waals surface area contributed by atoms with Crippen LogP contribution < -0.4 is 5.32 Å². The van der Waals surface area contributed by atoms with E-state index in [4.69, 9.17) is 27.9 Å². The molecule has 1 aliphatic rings. The van der Waals surface area contributed by atoms with Crippen LogP contribution in [0, 0.1) is 0 Å². The number of ether oxygens (including phenoxy) is 1. The molecule has 31 heavy (non-hydrogen) atoms. The fourth-order valence-corrected chi connectivity index (χ4v) is 4.31. The van der Waals surface area contributed by atoms with Crippen molar-refractivity contribution in [2.75, 3.05) is 6.61 Å². The molecule has 3 aromatic rings. The molecule has 1 amide bonds. The number of benzene rings is 3. The average molecular weight is 456 g/mol. The fraction of sp³-hybridized carbons (Fsp3) is 0.167. The normalized spacial score (nSPS) is 13.2. The predicted octanol–water partition coefficient (Wildman–Crippen LogP) is 5.53. The van der Waals surface area contributed by atoms with Crippen molar-refractivity contribution in [1.82, 2.24) is 5.32 Å². The summed E-state index contributed by atoms with van der Waals surface area (Å²) in [7, 11) is 0. The first-order chi connectivity index (χ1) is 15.0. The summed E-state index contributed by atoms with van der Waals surface area (Å²) in [4.78, 5) is 24.1. The van der Waals surface area contributed by atoms with Gasteiger partial charge in [0, 0.05) is 12.3 Å². The first kappa shape index (κ1) is 21.2. The Morgan fingerprint density at radius 2 is 1.55 bits per heavy atom. The van der Waals surface area contributed by atoms with E-state index < -0.39 is 18.1 Å². The summed E-state index contributed by atoms with van der Waals surface area (Å²) in [6, 6.07) is 19.7. The van der Waals surface area contributed by atoms with Crippen molar-refractivity contribution in [3.8, 4) is 11.1 Å². The molecule has 4 rings (SSSR count). The number of hydrogen-bond donors (Lipinski definition) is 2. The molecule has 0 radical (unpaired) electrons. The Kier molecular flexibility index (Phi) is 6.16. The lowest BCUT2D eigenvalue weighted by molar-refractivity contribution is -0.139. The van der Waals surface area contributed by atoms with Crippen molar-refractivity contribution in [2.24, 2.45) is 0 Å². The van der Waals surface area contributed by atoms with Crippen molar-refractivity contribution in [1.29, 1.82) is 0 Å². The van der Waals surface area contributed by atoms with Gasteiger partial charge in [-0.05, 0) is 33.9 Å². The summed E-state index contributed by atoms with van der Waals surface area (Å²) in [6.45, 7) is 0.101. The van der Waals surface area contributed by atoms with E-state index >= 15 is 0 Å². The van der Waals surface area contributed by atoms with Crippen molar-refractivity contribution in [3.63, 3.8) is 0 Å². The minimum atomic E-state index is -1.20. The van der Waals surface area contributed by atoms with Crippen LogP contribution in [0.1, 0.15) is 22.6 Å². The van der Waals surface area contributed by atoms with Gasteiger partial charge in [0.15, 0.2) is 0 Å². The predicted molar refractivity (Wildman–Crippen MR) is 120 cm³/mol. The van der Waals surface area contributed by atoms with Crippen LogP contribution in [-0.4, -0.2) is 29.8 Å². The van der Waals surface area contributed by atoms with Gasteiger partial charge >= 0.3 is 12.1 Å². The van der Waals surface area contributed by atoms with Crippen molar-refractivity contribution in [3.05, 3.63) is 93.5 Å². The SMILES string of the molecule is O=C(N[C@H](Cc1cccc(Cl)c1Cl)C(=O)O)OCC1c2ccccc2-c2ccccc21. The Hall–Kier alpha value is -3.02. The highest BCUT2D eigenvalue weighted by Crippen LogP contribution is 2.44. The van der Waals surface area contributed by atoms with Crippen molar-refractivity contribution < 1.29 is 19.4 Å². The fourth-order valence-electron chi connectivity index (χ4n) is 3.91. The second-order valence-corrected chi connectivity index (χ2v) is 8.06. The molecule has 0 spiro atoms. The van der Waals surface area contributed by atoms with Gasteiger partial charge in [-0.3, -0.25) is 0 Å². The second-order valence-electron chi connectivity index (χ2n) is 7.28. The lowest BCUT2D eigenvalue weighted by Crippen LogP contribution is -2.43. The van der Waals surface area contributed by atoms with Crippen LogP contribution >= 0.6 is 23.2 Å². The summed E-state index contributed by atoms with van der Waals surface area (Å²) >= 11 is 12.1. The van der Waals surface area contributed by atoms with E-state index in [2.05, 4.69) is 5.32 Å². The number of amides is 1. The summed E-state index contributed by atoms with van der Waals surface area (Å²) in [6.07, 6.45) is -0.814. The molecule has 0 heterocycles. The third-order valence-corrected chi connectivity index (χ3v) is 6.25. The number of rotatable bonds is 6. The number of carboxylic acid groups (broad SMARTS) is 1. The average Bonchev–Trinajstić information content (AvgIpc) is 3.08. The van der Waals surface area contributed by atoms with Crippen molar-refractivity contribution >= 4 is 35.3 Å². The van der Waals surface area contributed by atoms with E-state index in [1.54, 1.807) is 18.2 Å². The van der Waals surface area contributed by atoms with Crippen LogP contribution in [0.15, 0.2) is 66.7 Å². The number of nitrogens with one attached hydrogen (secondary N) is 1. The first-order valence-corrected chi connectivity index (χ1v) is 10.5. The Bertz CT molecular complexity index is 1100. The number of carbonyl (C=O) groups excluding carboxylic acids is 1. The molecule has 0 aliphatic heterocycles. The number of carbonyl (C=O) groups is 2. The Labute approximate surface area is 189 Å². The van der Waals surface area contributed by atoms with Gasteiger partial charge in [0.25, 0.3) is 0 Å². The van der Waals surface area contributed by atoms with Crippen LogP contribution in [0.3, 0.4) is 0 Å². The maximum Gasteiger partial charge on any atom is 0.407 e. The summed E-state index contributed by atoms with van der Waals surface area (Å²) in [5, 5.41) is 12.6. The number of alkyl carbamates (subject to hydrolysis) is 1. The Morgan fingerprint density at radius 3 is 2.16 bits per heavy atom. The number of carboxylic acids is 1. The number of halogens is 2. The Morgan fingerprint density at radius 1 is 0.935 bits per heavy atom. The molecule has 158 valence electrons. The number of fused-ring (bicyclic) bond motifs is 3. The second kappa shape index (κ2) is 9.00. The van der Waals surface area contributed by atoms with E-state index in [1.807, 2.05) is 48.5 Å². The van der Waals surface area contributed by atoms with Gasteiger partial charge < -0.3 is 15.2 Å². The topological polar surface area (TPSA) is 75.6 Å². The third-order valence-electron chi connectivity index (χ3n) is 5.39. The zero-order valence-electron chi connectivity index (χ0n) is 16.3. The molecule has 0 unspecified atom stereocenters. The molecule has 0 aromatic heterocycles. The standard InChI is InChI=1S/C24H19Cl2NO4/c25-20-11-5-6-14(22(20)26)12-21(23(28)29)27-24(30)31-13-19-17-9-3-1-7-15(17)16-8-2-4-10-18(16)19/h1-11,19,21H,12-13H2,(H,27,30)(H,28,29)/t21-/m1/s1. The molecule has 0 saturated heterocycles. The minimum Gasteiger partial charge on any atom is -0.480 e. The maximum absolute atomic E-state index is 12.4. The lowest BCUT2D eigenvalue weighted by atomic mass is 9.98. The summed E-state index contributed by atoms with van der Waals surface area (Å²) in [5.41, 5.74) is 4.92. The largest absolute Gasteiger partial charge is 0.480 e. The molecule has 1 atom stereocenters. The Balaban J connectivity index is 1.45. The molecule has 7 heteroatoms. The maximum atomic E-state index is 12.4. The van der Waals surface area contributed by atoms with Crippen LogP contribution in [0.25, 0.3) is 11.1 Å². The zero-order chi connectivity index (χ0) is 22.0. The lowest BCUT2D eigenvalue weighted by Gasteiger charge is -2.18. The molecule has 1 aliphatic carbocycles. The summed E-state index contributed by atoms with van der Waals surface area (Å²) < 4.78 is 5.44. The van der Waals surface area contributed by atoms with Crippen LogP contribution in [0.4, 0.5) is 4.79 Å². The van der Waals surface area contributed by atoms with E-state index in [9.17, 15) is 14.7 Å². The molecule has 0 bridgehead atoms. The zero-order valence-corrected chi connectivity index (χ0v) is 17.9.